The van der Waals surface area contributed by atoms with Crippen LogP contribution in [-0.4, -0.2) is 67.7 Å². The van der Waals surface area contributed by atoms with Gasteiger partial charge in [0.1, 0.15) is 11.6 Å². The smallest absolute Gasteiger partial charge is 0.254 e. The Balaban J connectivity index is 1.64. The molecule has 1 atom stereocenters. The molecule has 1 aliphatic heterocycles. The van der Waals surface area contributed by atoms with Gasteiger partial charge in [-0.25, -0.2) is 8.78 Å². The lowest BCUT2D eigenvalue weighted by atomic mass is 10.1. The van der Waals surface area contributed by atoms with Crippen LogP contribution in [0.2, 0.25) is 0 Å². The van der Waals surface area contributed by atoms with E-state index < -0.39 is 11.6 Å². The van der Waals surface area contributed by atoms with Gasteiger partial charge in [-0.1, -0.05) is 11.6 Å². The zero-order valence-electron chi connectivity index (χ0n) is 23.3. The highest BCUT2D eigenvalue weighted by Crippen LogP contribution is 2.38. The van der Waals surface area contributed by atoms with Gasteiger partial charge in [-0.3, -0.25) is 14.7 Å². The molecule has 4 rings (SSSR count). The maximum absolute atomic E-state index is 14.4. The number of pyridine rings is 1. The topological polar surface area (TPSA) is 64.1 Å². The summed E-state index contributed by atoms with van der Waals surface area (Å²) in [6.07, 6.45) is 7.18. The van der Waals surface area contributed by atoms with Crippen LogP contribution >= 0.6 is 0 Å². The standard InChI is InChI=1S/C31H35F2N3O4/c1-21(14-23-7-8-25(32)17-27(23)33)18-36(20-26-6-5-13-35(26)19-22-9-11-34-12-10-22)31(37)24-15-28(38-2)30(40-4)29(16-24)39-3/h7-12,14-17,26H,5-6,13,18-20H2,1-4H3/t26-/m1/s1. The molecule has 2 heterocycles. The van der Waals surface area contributed by atoms with Gasteiger partial charge in [-0.15, -0.1) is 0 Å². The Kier molecular flexibility index (Phi) is 9.71. The second-order valence-corrected chi connectivity index (χ2v) is 9.88. The van der Waals surface area contributed by atoms with Crippen LogP contribution < -0.4 is 14.2 Å². The lowest BCUT2D eigenvalue weighted by molar-refractivity contribution is 0.0718. The van der Waals surface area contributed by atoms with Gasteiger partial charge in [0.15, 0.2) is 11.5 Å². The van der Waals surface area contributed by atoms with Crippen LogP contribution in [0.3, 0.4) is 0 Å². The molecule has 0 radical (unpaired) electrons. The van der Waals surface area contributed by atoms with Crippen molar-refractivity contribution in [1.29, 1.82) is 0 Å². The number of benzene rings is 2. The predicted octanol–water partition coefficient (Wildman–Crippen LogP) is 5.60. The fourth-order valence-electron chi connectivity index (χ4n) is 5.12. The van der Waals surface area contributed by atoms with E-state index in [9.17, 15) is 13.6 Å². The van der Waals surface area contributed by atoms with Gasteiger partial charge in [0.25, 0.3) is 5.91 Å². The molecular weight excluding hydrogens is 516 g/mol. The van der Waals surface area contributed by atoms with Gasteiger partial charge in [0, 0.05) is 55.3 Å². The first-order valence-electron chi connectivity index (χ1n) is 13.2. The molecule has 0 bridgehead atoms. The fraction of sp³-hybridized carbons (Fsp3) is 0.355. The van der Waals surface area contributed by atoms with E-state index in [0.717, 1.165) is 43.1 Å². The van der Waals surface area contributed by atoms with Crippen LogP contribution in [0, 0.1) is 11.6 Å². The molecule has 1 fully saturated rings. The first-order valence-corrected chi connectivity index (χ1v) is 13.2. The molecule has 3 aromatic rings. The van der Waals surface area contributed by atoms with Crippen molar-refractivity contribution in [3.8, 4) is 17.2 Å². The van der Waals surface area contributed by atoms with Crippen molar-refractivity contribution in [3.63, 3.8) is 0 Å². The number of halogens is 2. The molecule has 1 aliphatic rings. The van der Waals surface area contributed by atoms with Crippen LogP contribution in [0.1, 0.15) is 41.3 Å². The quantitative estimate of drug-likeness (QED) is 0.309. The number of ether oxygens (including phenoxy) is 3. The second kappa shape index (κ2) is 13.4. The Hall–Kier alpha value is -3.98. The zero-order valence-corrected chi connectivity index (χ0v) is 23.3. The summed E-state index contributed by atoms with van der Waals surface area (Å²) >= 11 is 0. The number of nitrogens with zero attached hydrogens (tertiary/aromatic N) is 3. The molecule has 1 aromatic heterocycles. The molecule has 9 heteroatoms. The van der Waals surface area contributed by atoms with Crippen molar-refractivity contribution in [2.45, 2.75) is 32.4 Å². The number of hydrogen-bond acceptors (Lipinski definition) is 6. The van der Waals surface area contributed by atoms with Crippen LogP contribution in [0.5, 0.6) is 17.2 Å². The Morgan fingerprint density at radius 1 is 1.05 bits per heavy atom. The minimum atomic E-state index is -0.652. The van der Waals surface area contributed by atoms with Gasteiger partial charge >= 0.3 is 0 Å². The summed E-state index contributed by atoms with van der Waals surface area (Å²) in [6, 6.07) is 10.9. The van der Waals surface area contributed by atoms with Gasteiger partial charge < -0.3 is 19.1 Å². The first kappa shape index (κ1) is 29.0. The summed E-state index contributed by atoms with van der Waals surface area (Å²) in [6.45, 7) is 4.25. The van der Waals surface area contributed by atoms with E-state index in [4.69, 9.17) is 14.2 Å². The Morgan fingerprint density at radius 2 is 1.75 bits per heavy atom. The Labute approximate surface area is 234 Å². The molecule has 0 N–H and O–H groups in total. The Bertz CT molecular complexity index is 1320. The van der Waals surface area contributed by atoms with Crippen LogP contribution in [-0.2, 0) is 6.54 Å². The molecule has 40 heavy (non-hydrogen) atoms. The van der Waals surface area contributed by atoms with Crippen molar-refractivity contribution in [2.24, 2.45) is 0 Å². The second-order valence-electron chi connectivity index (χ2n) is 9.88. The third-order valence-corrected chi connectivity index (χ3v) is 7.07. The minimum absolute atomic E-state index is 0.134. The largest absolute Gasteiger partial charge is 0.493 e. The van der Waals surface area contributed by atoms with Crippen LogP contribution in [0.25, 0.3) is 6.08 Å². The summed E-state index contributed by atoms with van der Waals surface area (Å²) < 4.78 is 44.2. The van der Waals surface area contributed by atoms with Crippen molar-refractivity contribution >= 4 is 12.0 Å². The minimum Gasteiger partial charge on any atom is -0.493 e. The van der Waals surface area contributed by atoms with Crippen molar-refractivity contribution in [1.82, 2.24) is 14.8 Å². The normalized spacial score (nSPS) is 15.7. The summed E-state index contributed by atoms with van der Waals surface area (Å²) in [5, 5.41) is 0. The summed E-state index contributed by atoms with van der Waals surface area (Å²) in [7, 11) is 4.51. The number of amides is 1. The van der Waals surface area contributed by atoms with E-state index >= 15 is 0 Å². The third kappa shape index (κ3) is 6.96. The molecule has 1 saturated heterocycles. The first-order chi connectivity index (χ1) is 19.3. The number of rotatable bonds is 11. The van der Waals surface area contributed by atoms with Crippen LogP contribution in [0.15, 0.2) is 60.4 Å². The van der Waals surface area contributed by atoms with Gasteiger partial charge in [0.05, 0.1) is 21.3 Å². The van der Waals surface area contributed by atoms with Gasteiger partial charge in [-0.2, -0.15) is 0 Å². The highest BCUT2D eigenvalue weighted by molar-refractivity contribution is 5.96. The molecule has 0 aliphatic carbocycles. The molecule has 0 unspecified atom stereocenters. The number of carbonyl (C=O) groups is 1. The summed E-state index contributed by atoms with van der Waals surface area (Å²) in [5.41, 5.74) is 2.56. The fourth-order valence-corrected chi connectivity index (χ4v) is 5.12. The molecule has 0 spiro atoms. The lowest BCUT2D eigenvalue weighted by Crippen LogP contribution is -2.43. The van der Waals surface area contributed by atoms with E-state index in [1.807, 2.05) is 19.1 Å². The van der Waals surface area contributed by atoms with E-state index in [0.29, 0.717) is 29.4 Å². The summed E-state index contributed by atoms with van der Waals surface area (Å²) in [5.74, 6) is -0.349. The number of methoxy groups -OCH3 is 3. The van der Waals surface area contributed by atoms with Crippen molar-refractivity contribution in [2.75, 3.05) is 41.0 Å². The van der Waals surface area contributed by atoms with E-state index in [-0.39, 0.29) is 24.1 Å². The van der Waals surface area contributed by atoms with Crippen molar-refractivity contribution < 1.29 is 27.8 Å². The third-order valence-electron chi connectivity index (χ3n) is 7.07. The molecule has 7 nitrogen and oxygen atoms in total. The summed E-state index contributed by atoms with van der Waals surface area (Å²) in [4.78, 5) is 22.3. The van der Waals surface area contributed by atoms with Gasteiger partial charge in [-0.05, 0) is 68.3 Å². The zero-order chi connectivity index (χ0) is 28.6. The average molecular weight is 552 g/mol. The Morgan fingerprint density at radius 3 is 2.38 bits per heavy atom. The predicted molar refractivity (Wildman–Crippen MR) is 150 cm³/mol. The molecule has 2 aromatic carbocycles. The highest BCUT2D eigenvalue weighted by atomic mass is 19.1. The monoisotopic (exact) mass is 551 g/mol. The maximum Gasteiger partial charge on any atom is 0.254 e. The van der Waals surface area contributed by atoms with E-state index in [1.54, 1.807) is 35.5 Å². The highest BCUT2D eigenvalue weighted by Gasteiger charge is 2.30. The molecule has 1 amide bonds. The maximum atomic E-state index is 14.4. The average Bonchev–Trinajstić information content (AvgIpc) is 3.39. The molecule has 212 valence electrons. The number of hydrogen-bond donors (Lipinski definition) is 0. The van der Waals surface area contributed by atoms with E-state index in [2.05, 4.69) is 9.88 Å². The lowest BCUT2D eigenvalue weighted by Gasteiger charge is -2.31. The number of carbonyl (C=O) groups excluding carboxylic acids is 1. The molecule has 0 saturated carbocycles. The SMILES string of the molecule is COc1cc(C(=O)N(CC(C)=Cc2ccc(F)cc2F)C[C@H]2CCCN2Cc2ccncc2)cc(OC)c1OC. The number of aromatic nitrogens is 1. The van der Waals surface area contributed by atoms with Crippen molar-refractivity contribution in [3.05, 3.63) is 88.8 Å². The number of likely N-dealkylation sites (tertiary alicyclic amines) is 1. The van der Waals surface area contributed by atoms with Crippen LogP contribution in [0.4, 0.5) is 8.78 Å². The van der Waals surface area contributed by atoms with E-state index in [1.165, 1.54) is 33.5 Å². The molecular formula is C31H35F2N3O4. The van der Waals surface area contributed by atoms with Gasteiger partial charge in [0.2, 0.25) is 5.75 Å².